The number of rotatable bonds is 8. The highest BCUT2D eigenvalue weighted by Gasteiger charge is 2.48. The second-order valence-corrected chi connectivity index (χ2v) is 9.15. The van der Waals surface area contributed by atoms with Crippen LogP contribution in [-0.4, -0.2) is 52.9 Å². The van der Waals surface area contributed by atoms with Gasteiger partial charge in [0.2, 0.25) is 5.95 Å². The fourth-order valence-electron chi connectivity index (χ4n) is 4.32. The normalized spacial score (nSPS) is 19.4. The second-order valence-electron chi connectivity index (χ2n) is 9.15. The molecule has 8 heteroatoms. The molecular formula is C27H30N6O2. The molecule has 0 radical (unpaired) electrons. The minimum absolute atomic E-state index is 0.149. The zero-order chi connectivity index (χ0) is 24.4. The first-order valence-electron chi connectivity index (χ1n) is 11.7. The Bertz CT molecular complexity index is 1320. The molecule has 8 nitrogen and oxygen atoms in total. The van der Waals surface area contributed by atoms with E-state index < -0.39 is 0 Å². The van der Waals surface area contributed by atoms with Gasteiger partial charge in [0, 0.05) is 37.2 Å². The molecule has 0 saturated heterocycles. The average Bonchev–Trinajstić information content (AvgIpc) is 2.82. The highest BCUT2D eigenvalue weighted by Crippen LogP contribution is 2.39. The molecule has 0 aliphatic heterocycles. The van der Waals surface area contributed by atoms with Gasteiger partial charge in [0.1, 0.15) is 23.4 Å². The number of methoxy groups -OCH3 is 1. The van der Waals surface area contributed by atoms with Crippen molar-refractivity contribution in [3.63, 3.8) is 0 Å². The van der Waals surface area contributed by atoms with E-state index in [0.717, 1.165) is 40.9 Å². The largest absolute Gasteiger partial charge is 0.490 e. The van der Waals surface area contributed by atoms with Crippen LogP contribution >= 0.6 is 0 Å². The van der Waals surface area contributed by atoms with E-state index in [1.54, 1.807) is 13.3 Å². The standard InChI is InChI=1S/C27H30N6O2/c1-18-5-6-19-14-21(17-29-24(19)13-18)30-25-11-12-28-26(32-25)31-20-7-9-22(10-8-20)35-23-15-27(16-23,34-4)33(2)3/h5-14,17,23H,15-16H2,1-4H3,(H2,28,30,31,32). The van der Waals surface area contributed by atoms with Crippen LogP contribution in [-0.2, 0) is 4.74 Å². The number of nitrogens with zero attached hydrogens (tertiary/aromatic N) is 4. The van der Waals surface area contributed by atoms with Crippen LogP contribution in [0, 0.1) is 6.92 Å². The third-order valence-electron chi connectivity index (χ3n) is 6.47. The van der Waals surface area contributed by atoms with E-state index >= 15 is 0 Å². The third kappa shape index (κ3) is 5.03. The number of hydrogen-bond acceptors (Lipinski definition) is 8. The molecule has 2 aromatic carbocycles. The number of ether oxygens (including phenoxy) is 2. The Morgan fingerprint density at radius 2 is 1.74 bits per heavy atom. The predicted molar refractivity (Wildman–Crippen MR) is 139 cm³/mol. The van der Waals surface area contributed by atoms with Crippen LogP contribution in [0.3, 0.4) is 0 Å². The van der Waals surface area contributed by atoms with Crippen LogP contribution in [0.25, 0.3) is 10.9 Å². The number of hydrogen-bond donors (Lipinski definition) is 2. The van der Waals surface area contributed by atoms with Gasteiger partial charge in [-0.25, -0.2) is 4.98 Å². The van der Waals surface area contributed by atoms with Crippen molar-refractivity contribution < 1.29 is 9.47 Å². The van der Waals surface area contributed by atoms with E-state index in [-0.39, 0.29) is 11.8 Å². The summed E-state index contributed by atoms with van der Waals surface area (Å²) in [5.41, 5.74) is 3.70. The van der Waals surface area contributed by atoms with Crippen molar-refractivity contribution in [1.82, 2.24) is 19.9 Å². The number of aromatic nitrogens is 3. The Labute approximate surface area is 205 Å². The number of nitrogens with one attached hydrogen (secondary N) is 2. The van der Waals surface area contributed by atoms with Gasteiger partial charge >= 0.3 is 0 Å². The molecule has 1 saturated carbocycles. The topological polar surface area (TPSA) is 84.4 Å². The first kappa shape index (κ1) is 23.0. The third-order valence-corrected chi connectivity index (χ3v) is 6.47. The van der Waals surface area contributed by atoms with Gasteiger partial charge < -0.3 is 20.1 Å². The molecule has 2 heterocycles. The van der Waals surface area contributed by atoms with Crippen LogP contribution in [0.1, 0.15) is 18.4 Å². The minimum atomic E-state index is -0.218. The molecule has 0 spiro atoms. The van der Waals surface area contributed by atoms with Crippen LogP contribution < -0.4 is 15.4 Å². The van der Waals surface area contributed by atoms with Crippen LogP contribution in [0.2, 0.25) is 0 Å². The van der Waals surface area contributed by atoms with E-state index in [0.29, 0.717) is 11.8 Å². The number of benzene rings is 2. The van der Waals surface area contributed by atoms with Crippen molar-refractivity contribution in [2.24, 2.45) is 0 Å². The van der Waals surface area contributed by atoms with Gasteiger partial charge in [-0.15, -0.1) is 0 Å². The molecular weight excluding hydrogens is 440 g/mol. The summed E-state index contributed by atoms with van der Waals surface area (Å²) in [4.78, 5) is 15.6. The molecule has 1 aliphatic carbocycles. The molecule has 2 aromatic heterocycles. The van der Waals surface area contributed by atoms with Gasteiger partial charge in [-0.05, 0) is 69.0 Å². The Morgan fingerprint density at radius 3 is 2.49 bits per heavy atom. The van der Waals surface area contributed by atoms with E-state index in [4.69, 9.17) is 9.47 Å². The summed E-state index contributed by atoms with van der Waals surface area (Å²) in [5, 5.41) is 7.64. The molecule has 4 aromatic rings. The van der Waals surface area contributed by atoms with Gasteiger partial charge in [-0.3, -0.25) is 9.88 Å². The van der Waals surface area contributed by atoms with Crippen LogP contribution in [0.5, 0.6) is 5.75 Å². The monoisotopic (exact) mass is 470 g/mol. The molecule has 0 atom stereocenters. The molecule has 35 heavy (non-hydrogen) atoms. The molecule has 0 unspecified atom stereocenters. The molecule has 1 fully saturated rings. The lowest BCUT2D eigenvalue weighted by Crippen LogP contribution is -2.59. The van der Waals surface area contributed by atoms with Gasteiger partial charge in [0.05, 0.1) is 17.4 Å². The number of aryl methyl sites for hydroxylation is 1. The summed E-state index contributed by atoms with van der Waals surface area (Å²) in [5.74, 6) is 2.02. The highest BCUT2D eigenvalue weighted by atomic mass is 16.5. The molecule has 2 N–H and O–H groups in total. The smallest absolute Gasteiger partial charge is 0.229 e. The molecule has 0 amide bonds. The lowest BCUT2D eigenvalue weighted by Gasteiger charge is -2.50. The quantitative estimate of drug-likeness (QED) is 0.337. The maximum Gasteiger partial charge on any atom is 0.229 e. The van der Waals surface area contributed by atoms with Crippen molar-refractivity contribution in [3.8, 4) is 5.75 Å². The van der Waals surface area contributed by atoms with Crippen molar-refractivity contribution in [3.05, 3.63) is 72.6 Å². The first-order chi connectivity index (χ1) is 16.9. The van der Waals surface area contributed by atoms with E-state index in [2.05, 4.69) is 61.7 Å². The Hall–Kier alpha value is -3.75. The zero-order valence-electron chi connectivity index (χ0n) is 20.4. The summed E-state index contributed by atoms with van der Waals surface area (Å²) in [6, 6.07) is 17.9. The summed E-state index contributed by atoms with van der Waals surface area (Å²) in [7, 11) is 5.82. The highest BCUT2D eigenvalue weighted by molar-refractivity contribution is 5.83. The van der Waals surface area contributed by atoms with E-state index in [1.807, 2.05) is 50.6 Å². The second kappa shape index (κ2) is 9.48. The Kier molecular flexibility index (Phi) is 6.23. The van der Waals surface area contributed by atoms with Crippen LogP contribution in [0.15, 0.2) is 67.0 Å². The fraction of sp³-hybridized carbons (Fsp3) is 0.296. The first-order valence-corrected chi connectivity index (χ1v) is 11.7. The van der Waals surface area contributed by atoms with Crippen molar-refractivity contribution >= 4 is 34.0 Å². The maximum absolute atomic E-state index is 6.10. The number of fused-ring (bicyclic) bond motifs is 1. The summed E-state index contributed by atoms with van der Waals surface area (Å²) < 4.78 is 11.8. The van der Waals surface area contributed by atoms with E-state index in [9.17, 15) is 0 Å². The van der Waals surface area contributed by atoms with Gasteiger partial charge in [0.15, 0.2) is 0 Å². The summed E-state index contributed by atoms with van der Waals surface area (Å²) in [6.07, 6.45) is 5.37. The summed E-state index contributed by atoms with van der Waals surface area (Å²) in [6.45, 7) is 2.06. The lowest BCUT2D eigenvalue weighted by atomic mass is 9.83. The Balaban J connectivity index is 1.20. The number of anilines is 4. The molecule has 0 bridgehead atoms. The van der Waals surface area contributed by atoms with Crippen LogP contribution in [0.4, 0.5) is 23.1 Å². The molecule has 1 aliphatic rings. The predicted octanol–water partition coefficient (Wildman–Crippen LogP) is 5.27. The SMILES string of the molecule is COC1(N(C)C)CC(Oc2ccc(Nc3nccc(Nc4cnc5cc(C)ccc5c4)n3)cc2)C1. The van der Waals surface area contributed by atoms with Gasteiger partial charge in [0.25, 0.3) is 0 Å². The lowest BCUT2D eigenvalue weighted by molar-refractivity contribution is -0.204. The molecule has 5 rings (SSSR count). The van der Waals surface area contributed by atoms with Gasteiger partial charge in [-0.1, -0.05) is 12.1 Å². The van der Waals surface area contributed by atoms with Gasteiger partial charge in [-0.2, -0.15) is 4.98 Å². The Morgan fingerprint density at radius 1 is 0.943 bits per heavy atom. The van der Waals surface area contributed by atoms with Crippen molar-refractivity contribution in [2.75, 3.05) is 31.8 Å². The fourth-order valence-corrected chi connectivity index (χ4v) is 4.32. The minimum Gasteiger partial charge on any atom is -0.490 e. The average molecular weight is 471 g/mol. The van der Waals surface area contributed by atoms with Crippen molar-refractivity contribution in [2.45, 2.75) is 31.6 Å². The van der Waals surface area contributed by atoms with Crippen molar-refractivity contribution in [1.29, 1.82) is 0 Å². The van der Waals surface area contributed by atoms with E-state index in [1.165, 1.54) is 5.56 Å². The maximum atomic E-state index is 6.10. The zero-order valence-corrected chi connectivity index (χ0v) is 20.4. The summed E-state index contributed by atoms with van der Waals surface area (Å²) >= 11 is 0. The molecule has 180 valence electrons. The number of pyridine rings is 1.